The Labute approximate surface area is 242 Å². The van der Waals surface area contributed by atoms with Gasteiger partial charge in [-0.25, -0.2) is 9.37 Å². The lowest BCUT2D eigenvalue weighted by atomic mass is 10.1. The third-order valence-electron chi connectivity index (χ3n) is 5.91. The summed E-state index contributed by atoms with van der Waals surface area (Å²) in [5, 5.41) is 20.9. The first-order valence-electron chi connectivity index (χ1n) is 13.1. The number of carboxylic acid groups (broad SMARTS) is 1. The van der Waals surface area contributed by atoms with Gasteiger partial charge in [0.1, 0.15) is 18.4 Å². The standard InChI is InChI=1S/C30H31FN6O5/c1-41-14-15-42-24-12-10-21(11-13-24)36-30-33-18-25(31)28(37-30)35-23-9-5-8-22(17-23)34-27(38)19-32-26(29(39)40)16-20-6-3-2-4-7-20/h2-13,17-18,26,32H,14-16,19H2,1H3,(H,34,38)(H,39,40)(H2,33,35,36,37). The summed E-state index contributed by atoms with van der Waals surface area (Å²) < 4.78 is 25.0. The highest BCUT2D eigenvalue weighted by Gasteiger charge is 2.18. The van der Waals surface area contributed by atoms with Crippen LogP contribution in [0.25, 0.3) is 0 Å². The molecule has 0 saturated carbocycles. The van der Waals surface area contributed by atoms with Gasteiger partial charge in [-0.2, -0.15) is 4.98 Å². The van der Waals surface area contributed by atoms with Gasteiger partial charge in [-0.1, -0.05) is 36.4 Å². The van der Waals surface area contributed by atoms with Gasteiger partial charge in [-0.15, -0.1) is 0 Å². The van der Waals surface area contributed by atoms with E-state index in [1.54, 1.807) is 55.6 Å². The summed E-state index contributed by atoms with van der Waals surface area (Å²) >= 11 is 0. The minimum atomic E-state index is -1.05. The van der Waals surface area contributed by atoms with E-state index in [0.29, 0.717) is 36.0 Å². The molecule has 5 N–H and O–H groups in total. The van der Waals surface area contributed by atoms with Crippen molar-refractivity contribution in [3.05, 3.63) is 96.4 Å². The molecule has 1 unspecified atom stereocenters. The number of anilines is 5. The number of hydrogen-bond donors (Lipinski definition) is 5. The number of carboxylic acids is 1. The molecule has 0 aliphatic carbocycles. The summed E-state index contributed by atoms with van der Waals surface area (Å²) in [4.78, 5) is 32.4. The number of halogens is 1. The second-order valence-corrected chi connectivity index (χ2v) is 9.10. The number of carbonyl (C=O) groups excluding carboxylic acids is 1. The summed E-state index contributed by atoms with van der Waals surface area (Å²) in [6.07, 6.45) is 1.28. The van der Waals surface area contributed by atoms with Crippen LogP contribution in [0.3, 0.4) is 0 Å². The molecule has 0 fully saturated rings. The van der Waals surface area contributed by atoms with E-state index >= 15 is 0 Å². The Balaban J connectivity index is 1.33. The summed E-state index contributed by atoms with van der Waals surface area (Å²) in [6, 6.07) is 22.0. The Bertz CT molecular complexity index is 1470. The maximum atomic E-state index is 14.5. The molecule has 12 heteroatoms. The quantitative estimate of drug-likeness (QED) is 0.130. The van der Waals surface area contributed by atoms with Crippen molar-refractivity contribution >= 4 is 40.7 Å². The molecule has 0 spiro atoms. The highest BCUT2D eigenvalue weighted by molar-refractivity contribution is 5.93. The zero-order valence-electron chi connectivity index (χ0n) is 22.8. The zero-order chi connectivity index (χ0) is 29.7. The van der Waals surface area contributed by atoms with Crippen LogP contribution in [0.5, 0.6) is 5.75 Å². The Morgan fingerprint density at radius 1 is 0.929 bits per heavy atom. The molecule has 0 aliphatic rings. The summed E-state index contributed by atoms with van der Waals surface area (Å²) in [5.41, 5.74) is 2.42. The van der Waals surface area contributed by atoms with E-state index in [-0.39, 0.29) is 24.7 Å². The summed E-state index contributed by atoms with van der Waals surface area (Å²) in [7, 11) is 1.60. The van der Waals surface area contributed by atoms with Gasteiger partial charge in [0.05, 0.1) is 19.3 Å². The second kappa shape index (κ2) is 15.1. The number of carbonyl (C=O) groups is 2. The van der Waals surface area contributed by atoms with Crippen LogP contribution < -0.4 is 26.0 Å². The number of nitrogens with zero attached hydrogens (tertiary/aromatic N) is 2. The zero-order valence-corrected chi connectivity index (χ0v) is 22.8. The Hall–Kier alpha value is -5.07. The van der Waals surface area contributed by atoms with Crippen molar-refractivity contribution in [2.45, 2.75) is 12.5 Å². The predicted molar refractivity (Wildman–Crippen MR) is 157 cm³/mol. The van der Waals surface area contributed by atoms with E-state index in [2.05, 4.69) is 31.2 Å². The molecule has 42 heavy (non-hydrogen) atoms. The molecule has 3 aromatic carbocycles. The van der Waals surface area contributed by atoms with E-state index in [4.69, 9.17) is 9.47 Å². The number of methoxy groups -OCH3 is 1. The maximum Gasteiger partial charge on any atom is 0.321 e. The van der Waals surface area contributed by atoms with Crippen LogP contribution in [0, 0.1) is 5.82 Å². The molecule has 0 saturated heterocycles. The van der Waals surface area contributed by atoms with E-state index < -0.39 is 23.7 Å². The van der Waals surface area contributed by atoms with Crippen LogP contribution in [0.2, 0.25) is 0 Å². The number of nitrogens with one attached hydrogen (secondary N) is 4. The average molecular weight is 575 g/mol. The van der Waals surface area contributed by atoms with Crippen molar-refractivity contribution in [2.24, 2.45) is 0 Å². The van der Waals surface area contributed by atoms with Gasteiger partial charge >= 0.3 is 5.97 Å². The largest absolute Gasteiger partial charge is 0.491 e. The number of rotatable bonds is 15. The molecular formula is C30H31FN6O5. The van der Waals surface area contributed by atoms with Crippen LogP contribution in [0.15, 0.2) is 85.1 Å². The van der Waals surface area contributed by atoms with E-state index in [1.165, 1.54) is 0 Å². The van der Waals surface area contributed by atoms with Crippen molar-refractivity contribution in [1.29, 1.82) is 0 Å². The molecule has 1 atom stereocenters. The van der Waals surface area contributed by atoms with Crippen molar-refractivity contribution in [3.8, 4) is 5.75 Å². The van der Waals surface area contributed by atoms with Gasteiger partial charge in [0, 0.05) is 24.2 Å². The number of benzene rings is 3. The fourth-order valence-corrected chi connectivity index (χ4v) is 3.85. The van der Waals surface area contributed by atoms with Crippen molar-refractivity contribution in [1.82, 2.24) is 15.3 Å². The normalized spacial score (nSPS) is 11.4. The van der Waals surface area contributed by atoms with Gasteiger partial charge < -0.3 is 30.5 Å². The maximum absolute atomic E-state index is 14.5. The minimum absolute atomic E-state index is 0.0672. The van der Waals surface area contributed by atoms with Crippen LogP contribution in [-0.4, -0.2) is 59.9 Å². The average Bonchev–Trinajstić information content (AvgIpc) is 2.98. The fourth-order valence-electron chi connectivity index (χ4n) is 3.85. The third-order valence-corrected chi connectivity index (χ3v) is 5.91. The smallest absolute Gasteiger partial charge is 0.321 e. The summed E-state index contributed by atoms with van der Waals surface area (Å²) in [5.74, 6) is -1.37. The summed E-state index contributed by atoms with van der Waals surface area (Å²) in [6.45, 7) is 0.701. The van der Waals surface area contributed by atoms with Crippen LogP contribution in [0.4, 0.5) is 33.2 Å². The Kier molecular flexibility index (Phi) is 10.7. The molecule has 218 valence electrons. The van der Waals surface area contributed by atoms with Gasteiger partial charge in [0.2, 0.25) is 11.9 Å². The molecule has 4 aromatic rings. The molecule has 4 rings (SSSR count). The predicted octanol–water partition coefficient (Wildman–Crippen LogP) is 4.35. The molecule has 1 amide bonds. The second-order valence-electron chi connectivity index (χ2n) is 9.10. The molecule has 0 bridgehead atoms. The van der Waals surface area contributed by atoms with E-state index in [0.717, 1.165) is 11.8 Å². The lowest BCUT2D eigenvalue weighted by Crippen LogP contribution is -2.42. The number of aromatic nitrogens is 2. The first-order chi connectivity index (χ1) is 20.4. The lowest BCUT2D eigenvalue weighted by Gasteiger charge is -2.15. The van der Waals surface area contributed by atoms with Crippen molar-refractivity contribution < 1.29 is 28.6 Å². The number of hydrogen-bond acceptors (Lipinski definition) is 9. The molecule has 0 aliphatic heterocycles. The molecular weight excluding hydrogens is 543 g/mol. The number of amides is 1. The fraction of sp³-hybridized carbons (Fsp3) is 0.200. The van der Waals surface area contributed by atoms with Gasteiger partial charge in [-0.3, -0.25) is 14.9 Å². The van der Waals surface area contributed by atoms with E-state index in [9.17, 15) is 19.1 Å². The molecule has 0 radical (unpaired) electrons. The molecule has 1 heterocycles. The van der Waals surface area contributed by atoms with Crippen LogP contribution in [0.1, 0.15) is 5.56 Å². The highest BCUT2D eigenvalue weighted by Crippen LogP contribution is 2.23. The SMILES string of the molecule is COCCOc1ccc(Nc2ncc(F)c(Nc3cccc(NC(=O)CNC(Cc4ccccc4)C(=O)O)c3)n2)cc1. The van der Waals surface area contributed by atoms with Crippen LogP contribution in [-0.2, 0) is 20.7 Å². The monoisotopic (exact) mass is 574 g/mol. The van der Waals surface area contributed by atoms with Crippen molar-refractivity contribution in [3.63, 3.8) is 0 Å². The Morgan fingerprint density at radius 2 is 1.69 bits per heavy atom. The first-order valence-corrected chi connectivity index (χ1v) is 13.1. The first kappa shape index (κ1) is 29.9. The van der Waals surface area contributed by atoms with Gasteiger partial charge in [0.25, 0.3) is 0 Å². The topological polar surface area (TPSA) is 147 Å². The van der Waals surface area contributed by atoms with Crippen LogP contribution >= 0.6 is 0 Å². The number of aliphatic carboxylic acids is 1. The third kappa shape index (κ3) is 9.25. The molecule has 1 aromatic heterocycles. The lowest BCUT2D eigenvalue weighted by molar-refractivity contribution is -0.139. The van der Waals surface area contributed by atoms with Gasteiger partial charge in [0.15, 0.2) is 11.6 Å². The number of ether oxygens (including phenoxy) is 2. The van der Waals surface area contributed by atoms with Crippen molar-refractivity contribution in [2.75, 3.05) is 42.8 Å². The highest BCUT2D eigenvalue weighted by atomic mass is 19.1. The van der Waals surface area contributed by atoms with E-state index in [1.807, 2.05) is 30.3 Å². The minimum Gasteiger partial charge on any atom is -0.491 e. The molecule has 11 nitrogen and oxygen atoms in total. The Morgan fingerprint density at radius 3 is 2.43 bits per heavy atom. The van der Waals surface area contributed by atoms with Gasteiger partial charge in [-0.05, 0) is 54.4 Å².